The van der Waals surface area contributed by atoms with Gasteiger partial charge >= 0.3 is 5.97 Å². The van der Waals surface area contributed by atoms with Gasteiger partial charge in [-0.2, -0.15) is 0 Å². The number of piperidine rings is 6. The van der Waals surface area contributed by atoms with Crippen molar-refractivity contribution in [3.8, 4) is 0 Å². The Labute approximate surface area is 635 Å². The van der Waals surface area contributed by atoms with Crippen LogP contribution in [0.4, 0.5) is 0 Å². The Bertz CT molecular complexity index is 3410. The second kappa shape index (κ2) is 40.5. The van der Waals surface area contributed by atoms with Crippen molar-refractivity contribution in [2.24, 2.45) is 76.4 Å². The van der Waals surface area contributed by atoms with Crippen molar-refractivity contribution in [1.82, 2.24) is 29.8 Å². The molecule has 6 aliphatic heterocycles. The lowest BCUT2D eigenvalue weighted by atomic mass is 9.80. The van der Waals surface area contributed by atoms with Gasteiger partial charge < -0.3 is 52.0 Å². The zero-order chi connectivity index (χ0) is 72.2. The van der Waals surface area contributed by atoms with Crippen LogP contribution in [0, 0.1) is 59.2 Å². The van der Waals surface area contributed by atoms with Gasteiger partial charge in [0.25, 0.3) is 0 Å². The van der Waals surface area contributed by atoms with E-state index in [4.69, 9.17) is 133 Å². The molecule has 6 fully saturated rings. The summed E-state index contributed by atoms with van der Waals surface area (Å²) in [5.74, 6) is -0.398. The number of nitrogens with one attached hydrogen (secondary N) is 1. The molecule has 542 valence electrons. The van der Waals surface area contributed by atoms with Crippen LogP contribution in [0.15, 0.2) is 91.0 Å². The van der Waals surface area contributed by atoms with Crippen molar-refractivity contribution in [2.45, 2.75) is 83.1 Å². The minimum atomic E-state index is -0.711. The fourth-order valence-corrected chi connectivity index (χ4v) is 16.3. The number of nitrogens with zero attached hydrogens (tertiary/aromatic N) is 5. The Morgan fingerprint density at radius 3 is 1.08 bits per heavy atom. The molecule has 6 aliphatic rings. The van der Waals surface area contributed by atoms with Gasteiger partial charge in [-0.1, -0.05) is 146 Å². The largest absolute Gasteiger partial charge is 0.481 e. The lowest BCUT2D eigenvalue weighted by molar-refractivity contribution is -0.145. The van der Waals surface area contributed by atoms with Gasteiger partial charge in [0.1, 0.15) is 6.29 Å². The minimum absolute atomic E-state index is 0.0896. The predicted molar refractivity (Wildman–Crippen MR) is 408 cm³/mol. The van der Waals surface area contributed by atoms with Crippen molar-refractivity contribution in [2.75, 3.05) is 107 Å². The molecule has 0 aromatic heterocycles. The van der Waals surface area contributed by atoms with Gasteiger partial charge in [-0.3, -0.25) is 24.1 Å². The quantitative estimate of drug-likeness (QED) is 0.0584. The Balaban J connectivity index is 0.000000175. The summed E-state index contributed by atoms with van der Waals surface area (Å²) in [4.78, 5) is 68.9. The lowest BCUT2D eigenvalue weighted by Gasteiger charge is -2.43. The van der Waals surface area contributed by atoms with Gasteiger partial charge in [-0.25, -0.2) is 0 Å². The average molecular weight is 1560 g/mol. The zero-order valence-corrected chi connectivity index (χ0v) is 64.4. The summed E-state index contributed by atoms with van der Waals surface area (Å²) in [6.45, 7) is 10.9. The Morgan fingerprint density at radius 2 is 0.717 bits per heavy atom. The summed E-state index contributed by atoms with van der Waals surface area (Å²) < 4.78 is 0. The number of aldehydes is 1. The van der Waals surface area contributed by atoms with Gasteiger partial charge in [0, 0.05) is 44.7 Å². The highest BCUT2D eigenvalue weighted by molar-refractivity contribution is 6.44. The summed E-state index contributed by atoms with van der Waals surface area (Å²) in [6, 6.07) is 28.8. The molecule has 6 saturated heterocycles. The number of hydrogen-bond donors (Lipinski definition) is 5. The normalized spacial score (nSPS) is 25.0. The third-order valence-electron chi connectivity index (χ3n) is 20.5. The molecule has 6 heterocycles. The van der Waals surface area contributed by atoms with Crippen LogP contribution in [-0.4, -0.2) is 172 Å². The molecule has 3 amide bonds. The highest BCUT2D eigenvalue weighted by Crippen LogP contribution is 2.36. The van der Waals surface area contributed by atoms with E-state index in [1.165, 1.54) is 12.8 Å². The molecule has 0 aliphatic carbocycles. The van der Waals surface area contributed by atoms with E-state index in [-0.39, 0.29) is 71.0 Å². The standard InChI is InChI=1S/C19H27Cl2N3O.C14H18Cl2N2O.C14H17Cl2NO2.C14H17Cl2NO.C13H16Cl2N2O/c1-23-7-5-15(6-8-23)24-9-4-14(16(12-24)19(22)25)10-13-2-3-17(20)18(21)11-13;1-18-5-4-10(11(8-18)14(17)19)6-9-2-3-12(15)13(16)7-9;1-17-5-4-10(11(8-17)14(18)19)6-9-2-3-12(15)13(16)7-9;1-17-5-4-11(12(8-17)9-18)6-10-2-3-13(15)14(16)7-10;14-11-2-1-8(6-12(11)15)5-9-3-4-17-7-10(9)13(16)18/h2-3,11,14-16H,4-10,12H2,1H3,(H2,22,25);2-3,7,10-11H,4-6,8H2,1H3,(H2,17,19);2-3,7,10-11H,4-6,8H2,1H3,(H,18,19);2-3,7,9,11-12H,4-6,8H2,1H3;1-2,6,9-10,17H,3-5,7H2,(H2,16,18)/t14-,16-;2*10-,11-;11-,12+;9-,10-/m11111/s1. The summed E-state index contributed by atoms with van der Waals surface area (Å²) in [5, 5.41) is 18.1. The van der Waals surface area contributed by atoms with Crippen LogP contribution < -0.4 is 22.5 Å². The molecule has 0 spiro atoms. The molecule has 0 bridgehead atoms. The maximum Gasteiger partial charge on any atom is 0.308 e. The molecule has 15 nitrogen and oxygen atoms in total. The highest BCUT2D eigenvalue weighted by Gasteiger charge is 2.38. The molecule has 0 saturated carbocycles. The van der Waals surface area contributed by atoms with Crippen molar-refractivity contribution in [3.05, 3.63) is 169 Å². The van der Waals surface area contributed by atoms with Crippen LogP contribution in [0.2, 0.25) is 50.2 Å². The summed E-state index contributed by atoms with van der Waals surface area (Å²) in [7, 11) is 8.22. The van der Waals surface area contributed by atoms with E-state index in [2.05, 4.69) is 43.9 Å². The second-order valence-corrected chi connectivity index (χ2v) is 31.9. The van der Waals surface area contributed by atoms with Crippen LogP contribution in [0.5, 0.6) is 0 Å². The first kappa shape index (κ1) is 82.6. The minimum Gasteiger partial charge on any atom is -0.481 e. The van der Waals surface area contributed by atoms with E-state index in [9.17, 15) is 29.1 Å². The molecular formula is C74H95Cl10N9O6. The number of carboxylic acids is 1. The van der Waals surface area contributed by atoms with Crippen molar-refractivity contribution in [3.63, 3.8) is 0 Å². The first-order valence-corrected chi connectivity index (χ1v) is 37.8. The van der Waals surface area contributed by atoms with Gasteiger partial charge in [0.05, 0.1) is 73.9 Å². The van der Waals surface area contributed by atoms with Gasteiger partial charge in [-0.05, 0) is 269 Å². The van der Waals surface area contributed by atoms with Crippen LogP contribution in [0.1, 0.15) is 72.8 Å². The fraction of sp³-hybridized carbons (Fsp3) is 0.527. The fourth-order valence-electron chi connectivity index (χ4n) is 14.6. The van der Waals surface area contributed by atoms with Crippen molar-refractivity contribution < 1.29 is 29.1 Å². The van der Waals surface area contributed by atoms with Crippen molar-refractivity contribution in [1.29, 1.82) is 0 Å². The first-order valence-electron chi connectivity index (χ1n) is 34.0. The van der Waals surface area contributed by atoms with Crippen LogP contribution in [0.25, 0.3) is 0 Å². The molecule has 0 unspecified atom stereocenters. The van der Waals surface area contributed by atoms with Crippen molar-refractivity contribution >= 4 is 146 Å². The van der Waals surface area contributed by atoms with E-state index < -0.39 is 5.97 Å². The van der Waals surface area contributed by atoms with E-state index in [1.54, 1.807) is 18.2 Å². The second-order valence-electron chi connectivity index (χ2n) is 27.8. The SMILES string of the molecule is CN1CCC(N2CC[C@H](Cc3ccc(Cl)c(Cl)c3)[C@H](C(N)=O)C2)CC1.CN1CC[C@H](Cc2ccc(Cl)c(Cl)c2)[C@H](C(=O)O)C1.CN1CC[C@H](Cc2ccc(Cl)c(Cl)c2)[C@H](C(N)=O)C1.CN1CC[C@H](Cc2ccc(Cl)c(Cl)c2)[C@H](C=O)C1.NC(=O)[C@@H]1CNCC[C@@H]1Cc1ccc(Cl)c(Cl)c1. The molecule has 5 aromatic rings. The zero-order valence-electron chi connectivity index (χ0n) is 56.8. The number of amides is 3. The number of likely N-dealkylation sites (tertiary alicyclic amines) is 5. The van der Waals surface area contributed by atoms with Crippen LogP contribution in [-0.2, 0) is 56.1 Å². The number of rotatable bonds is 16. The average Bonchev–Trinajstić information content (AvgIpc) is 0.856. The number of carboxylic acid groups (broad SMARTS) is 1. The number of halogens is 10. The number of carbonyl (C=O) groups excluding carboxylic acids is 4. The lowest BCUT2D eigenvalue weighted by Crippen LogP contribution is -2.52. The van der Waals surface area contributed by atoms with Gasteiger partial charge in [-0.15, -0.1) is 0 Å². The number of nitrogens with two attached hydrogens (primary N) is 3. The van der Waals surface area contributed by atoms with E-state index in [0.29, 0.717) is 75.3 Å². The molecule has 0 radical (unpaired) electrons. The number of benzene rings is 5. The number of carbonyl (C=O) groups is 5. The third kappa shape index (κ3) is 25.9. The third-order valence-corrected chi connectivity index (χ3v) is 24.2. The highest BCUT2D eigenvalue weighted by atomic mass is 35.5. The molecule has 5 aromatic carbocycles. The smallest absolute Gasteiger partial charge is 0.308 e. The van der Waals surface area contributed by atoms with E-state index in [0.717, 1.165) is 164 Å². The first-order chi connectivity index (χ1) is 47.0. The Hall–Kier alpha value is -3.69. The number of hydrogen-bond acceptors (Lipinski definition) is 11. The molecule has 8 N–H and O–H groups in total. The summed E-state index contributed by atoms with van der Waals surface area (Å²) in [5.41, 5.74) is 22.3. The molecular weight excluding hydrogens is 1470 g/mol. The summed E-state index contributed by atoms with van der Waals surface area (Å²) >= 11 is 59.7. The maximum atomic E-state index is 12.1. The molecule has 99 heavy (non-hydrogen) atoms. The van der Waals surface area contributed by atoms with Crippen LogP contribution in [0.3, 0.4) is 0 Å². The van der Waals surface area contributed by atoms with Gasteiger partial charge in [0.15, 0.2) is 0 Å². The number of primary amides is 3. The monoisotopic (exact) mass is 1560 g/mol. The molecule has 25 heteroatoms. The molecule has 10 atom stereocenters. The maximum absolute atomic E-state index is 12.1. The van der Waals surface area contributed by atoms with Crippen LogP contribution >= 0.6 is 116 Å². The van der Waals surface area contributed by atoms with E-state index >= 15 is 0 Å². The molecule has 11 rings (SSSR count). The van der Waals surface area contributed by atoms with Gasteiger partial charge in [0.2, 0.25) is 17.7 Å². The Kier molecular flexibility index (Phi) is 33.8. The van der Waals surface area contributed by atoms with E-state index in [1.807, 2.05) is 86.9 Å². The topological polar surface area (TPSA) is 212 Å². The number of aliphatic carboxylic acids is 1. The summed E-state index contributed by atoms with van der Waals surface area (Å²) in [6.07, 6.45) is 12.4. The predicted octanol–water partition coefficient (Wildman–Crippen LogP) is 14.4. The Morgan fingerprint density at radius 1 is 0.404 bits per heavy atom.